The van der Waals surface area contributed by atoms with E-state index >= 15 is 0 Å². The molecular formula is C18H21NO2. The lowest BCUT2D eigenvalue weighted by atomic mass is 10.0. The van der Waals surface area contributed by atoms with Crippen molar-refractivity contribution in [2.24, 2.45) is 0 Å². The molecule has 1 heterocycles. The van der Waals surface area contributed by atoms with Crippen molar-refractivity contribution in [3.05, 3.63) is 59.7 Å². The first-order valence-corrected chi connectivity index (χ1v) is 7.43. The standard InChI is InChI=1S/C18H21NO2/c1-20-16-9-7-15-8-10-17(21-18(15)11-16)13-19-12-14-5-3-2-4-6-14/h2-7,9,11,17,19H,8,10,12-13H2,1H3. The molecule has 0 spiro atoms. The first kappa shape index (κ1) is 14.0. The van der Waals surface area contributed by atoms with Gasteiger partial charge in [-0.1, -0.05) is 36.4 Å². The number of hydrogen-bond donors (Lipinski definition) is 1. The smallest absolute Gasteiger partial charge is 0.126 e. The Hall–Kier alpha value is -2.00. The van der Waals surface area contributed by atoms with Gasteiger partial charge in [-0.05, 0) is 30.0 Å². The first-order chi connectivity index (χ1) is 10.3. The summed E-state index contributed by atoms with van der Waals surface area (Å²) in [7, 11) is 1.68. The second-order valence-corrected chi connectivity index (χ2v) is 5.37. The van der Waals surface area contributed by atoms with Crippen LogP contribution in [-0.2, 0) is 13.0 Å². The molecule has 0 radical (unpaired) electrons. The fourth-order valence-electron chi connectivity index (χ4n) is 2.65. The highest BCUT2D eigenvalue weighted by molar-refractivity contribution is 5.42. The summed E-state index contributed by atoms with van der Waals surface area (Å²) in [6.45, 7) is 1.75. The van der Waals surface area contributed by atoms with Crippen LogP contribution in [-0.4, -0.2) is 19.8 Å². The molecule has 3 nitrogen and oxygen atoms in total. The van der Waals surface area contributed by atoms with E-state index in [1.54, 1.807) is 7.11 Å². The van der Waals surface area contributed by atoms with Gasteiger partial charge in [0.25, 0.3) is 0 Å². The topological polar surface area (TPSA) is 30.5 Å². The van der Waals surface area contributed by atoms with Crippen LogP contribution in [0.4, 0.5) is 0 Å². The maximum atomic E-state index is 6.07. The maximum absolute atomic E-state index is 6.07. The number of rotatable bonds is 5. The van der Waals surface area contributed by atoms with E-state index in [-0.39, 0.29) is 6.10 Å². The summed E-state index contributed by atoms with van der Waals surface area (Å²) in [6.07, 6.45) is 2.35. The molecule has 0 bridgehead atoms. The molecule has 2 aromatic carbocycles. The molecule has 2 aromatic rings. The average molecular weight is 283 g/mol. The van der Waals surface area contributed by atoms with Crippen LogP contribution in [0.3, 0.4) is 0 Å². The van der Waals surface area contributed by atoms with E-state index in [4.69, 9.17) is 9.47 Å². The lowest BCUT2D eigenvalue weighted by Crippen LogP contribution is -2.33. The zero-order valence-electron chi connectivity index (χ0n) is 12.3. The molecule has 1 N–H and O–H groups in total. The van der Waals surface area contributed by atoms with Crippen LogP contribution < -0.4 is 14.8 Å². The molecule has 1 aliphatic heterocycles. The molecule has 1 aliphatic rings. The molecule has 0 saturated heterocycles. The largest absolute Gasteiger partial charge is 0.497 e. The summed E-state index contributed by atoms with van der Waals surface area (Å²) < 4.78 is 11.3. The van der Waals surface area contributed by atoms with Crippen molar-refractivity contribution in [2.75, 3.05) is 13.7 Å². The van der Waals surface area contributed by atoms with Gasteiger partial charge in [0.2, 0.25) is 0 Å². The highest BCUT2D eigenvalue weighted by Gasteiger charge is 2.19. The number of nitrogens with one attached hydrogen (secondary N) is 1. The maximum Gasteiger partial charge on any atom is 0.126 e. The normalized spacial score (nSPS) is 16.9. The quantitative estimate of drug-likeness (QED) is 0.914. The van der Waals surface area contributed by atoms with Gasteiger partial charge in [-0.3, -0.25) is 0 Å². The van der Waals surface area contributed by atoms with E-state index in [0.717, 1.165) is 37.4 Å². The van der Waals surface area contributed by atoms with Crippen LogP contribution in [0.2, 0.25) is 0 Å². The Balaban J connectivity index is 1.54. The van der Waals surface area contributed by atoms with Gasteiger partial charge in [0.1, 0.15) is 17.6 Å². The van der Waals surface area contributed by atoms with Crippen LogP contribution in [0.5, 0.6) is 11.5 Å². The Morgan fingerprint density at radius 2 is 2.05 bits per heavy atom. The van der Waals surface area contributed by atoms with Crippen molar-refractivity contribution in [1.82, 2.24) is 5.32 Å². The number of ether oxygens (including phenoxy) is 2. The van der Waals surface area contributed by atoms with Crippen LogP contribution in [0.15, 0.2) is 48.5 Å². The lowest BCUT2D eigenvalue weighted by Gasteiger charge is -2.26. The molecule has 0 fully saturated rings. The predicted molar refractivity (Wildman–Crippen MR) is 83.9 cm³/mol. The zero-order chi connectivity index (χ0) is 14.5. The monoisotopic (exact) mass is 283 g/mol. The Morgan fingerprint density at radius 1 is 1.19 bits per heavy atom. The van der Waals surface area contributed by atoms with Gasteiger partial charge in [0.05, 0.1) is 7.11 Å². The van der Waals surface area contributed by atoms with Crippen LogP contribution in [0, 0.1) is 0 Å². The zero-order valence-corrected chi connectivity index (χ0v) is 12.3. The third-order valence-corrected chi connectivity index (χ3v) is 3.85. The second-order valence-electron chi connectivity index (χ2n) is 5.37. The van der Waals surface area contributed by atoms with Crippen molar-refractivity contribution in [1.29, 1.82) is 0 Å². The molecule has 3 heteroatoms. The summed E-state index contributed by atoms with van der Waals surface area (Å²) >= 11 is 0. The molecule has 1 unspecified atom stereocenters. The van der Waals surface area contributed by atoms with E-state index in [9.17, 15) is 0 Å². The Kier molecular flexibility index (Phi) is 4.41. The minimum atomic E-state index is 0.230. The first-order valence-electron chi connectivity index (χ1n) is 7.43. The number of fused-ring (bicyclic) bond motifs is 1. The van der Waals surface area contributed by atoms with Crippen molar-refractivity contribution < 1.29 is 9.47 Å². The summed E-state index contributed by atoms with van der Waals surface area (Å²) in [4.78, 5) is 0. The van der Waals surface area contributed by atoms with E-state index in [1.165, 1.54) is 11.1 Å². The van der Waals surface area contributed by atoms with Crippen molar-refractivity contribution >= 4 is 0 Å². The van der Waals surface area contributed by atoms with Gasteiger partial charge in [0, 0.05) is 19.2 Å². The number of methoxy groups -OCH3 is 1. The fourth-order valence-corrected chi connectivity index (χ4v) is 2.65. The van der Waals surface area contributed by atoms with Gasteiger partial charge in [-0.25, -0.2) is 0 Å². The van der Waals surface area contributed by atoms with Crippen molar-refractivity contribution in [2.45, 2.75) is 25.5 Å². The van der Waals surface area contributed by atoms with Gasteiger partial charge in [-0.2, -0.15) is 0 Å². The fraction of sp³-hybridized carbons (Fsp3) is 0.333. The number of benzene rings is 2. The van der Waals surface area contributed by atoms with E-state index < -0.39 is 0 Å². The van der Waals surface area contributed by atoms with Gasteiger partial charge in [0.15, 0.2) is 0 Å². The minimum absolute atomic E-state index is 0.230. The minimum Gasteiger partial charge on any atom is -0.497 e. The SMILES string of the molecule is COc1ccc2c(c1)OC(CNCc1ccccc1)CC2. The third-order valence-electron chi connectivity index (χ3n) is 3.85. The van der Waals surface area contributed by atoms with Crippen LogP contribution in [0.25, 0.3) is 0 Å². The molecule has 0 saturated carbocycles. The van der Waals surface area contributed by atoms with Crippen molar-refractivity contribution in [3.8, 4) is 11.5 Å². The molecule has 21 heavy (non-hydrogen) atoms. The van der Waals surface area contributed by atoms with Crippen molar-refractivity contribution in [3.63, 3.8) is 0 Å². The predicted octanol–water partition coefficient (Wildman–Crippen LogP) is 3.18. The Morgan fingerprint density at radius 3 is 2.86 bits per heavy atom. The molecular weight excluding hydrogens is 262 g/mol. The van der Waals surface area contributed by atoms with Gasteiger partial charge < -0.3 is 14.8 Å². The molecule has 0 aliphatic carbocycles. The van der Waals surface area contributed by atoms with E-state index in [1.807, 2.05) is 18.2 Å². The van der Waals surface area contributed by atoms with Crippen LogP contribution in [0.1, 0.15) is 17.5 Å². The molecule has 0 amide bonds. The Bertz CT molecular complexity index is 583. The molecule has 3 rings (SSSR count). The summed E-state index contributed by atoms with van der Waals surface area (Å²) in [5.74, 6) is 1.82. The number of hydrogen-bond acceptors (Lipinski definition) is 3. The summed E-state index contributed by atoms with van der Waals surface area (Å²) in [6, 6.07) is 16.5. The summed E-state index contributed by atoms with van der Waals surface area (Å²) in [5, 5.41) is 3.47. The molecule has 0 aromatic heterocycles. The summed E-state index contributed by atoms with van der Waals surface area (Å²) in [5.41, 5.74) is 2.57. The van der Waals surface area contributed by atoms with E-state index in [2.05, 4.69) is 35.6 Å². The highest BCUT2D eigenvalue weighted by Crippen LogP contribution is 2.31. The average Bonchev–Trinajstić information content (AvgIpc) is 2.55. The second kappa shape index (κ2) is 6.64. The highest BCUT2D eigenvalue weighted by atomic mass is 16.5. The molecule has 110 valence electrons. The van der Waals surface area contributed by atoms with Gasteiger partial charge >= 0.3 is 0 Å². The molecule has 1 atom stereocenters. The Labute approximate surface area is 125 Å². The number of aryl methyl sites for hydroxylation is 1. The van der Waals surface area contributed by atoms with Crippen LogP contribution >= 0.6 is 0 Å². The lowest BCUT2D eigenvalue weighted by molar-refractivity contribution is 0.169. The van der Waals surface area contributed by atoms with E-state index in [0.29, 0.717) is 0 Å². The third kappa shape index (κ3) is 3.56. The van der Waals surface area contributed by atoms with Gasteiger partial charge in [-0.15, -0.1) is 0 Å².